The fourth-order valence-electron chi connectivity index (χ4n) is 1.28. The van der Waals surface area contributed by atoms with E-state index in [1.54, 1.807) is 7.11 Å². The zero-order valence-electron chi connectivity index (χ0n) is 10.2. The number of nitrogens with one attached hydrogen (secondary N) is 1. The molecule has 2 rings (SSSR count). The van der Waals surface area contributed by atoms with Gasteiger partial charge in [0.1, 0.15) is 5.75 Å². The summed E-state index contributed by atoms with van der Waals surface area (Å²) < 4.78 is 6.02. The van der Waals surface area contributed by atoms with E-state index in [9.17, 15) is 0 Å². The van der Waals surface area contributed by atoms with Gasteiger partial charge in [0.2, 0.25) is 5.13 Å². The number of methoxy groups -OCH3 is 1. The molecule has 0 amide bonds. The highest BCUT2D eigenvalue weighted by Gasteiger charge is 2.05. The number of hydrogen-bond donors (Lipinski definition) is 1. The number of benzene rings is 1. The molecule has 0 aliphatic carbocycles. The van der Waals surface area contributed by atoms with Crippen LogP contribution in [0.1, 0.15) is 0 Å². The number of nitrogens with zero attached hydrogens (tertiary/aromatic N) is 2. The zero-order valence-corrected chi connectivity index (χ0v) is 12.6. The predicted molar refractivity (Wildman–Crippen MR) is 81.9 cm³/mol. The van der Waals surface area contributed by atoms with Crippen LogP contribution < -0.4 is 10.1 Å². The van der Waals surface area contributed by atoms with Gasteiger partial charge in [-0.1, -0.05) is 47.3 Å². The lowest BCUT2D eigenvalue weighted by atomic mass is 10.3. The van der Waals surface area contributed by atoms with E-state index in [2.05, 4.69) is 22.1 Å². The monoisotopic (exact) mass is 313 g/mol. The first-order chi connectivity index (χ1) is 9.17. The average Bonchev–Trinajstić information content (AvgIpc) is 2.84. The highest BCUT2D eigenvalue weighted by molar-refractivity contribution is 8.01. The third-order valence-electron chi connectivity index (χ3n) is 2.08. The SMILES string of the molecule is C=C(Cl)CSc1nnc(Nc2cccc(OC)c2)s1. The molecule has 0 bridgehead atoms. The van der Waals surface area contributed by atoms with Crippen molar-refractivity contribution in [3.63, 3.8) is 0 Å². The first-order valence-electron chi connectivity index (χ1n) is 5.38. The molecule has 1 aromatic heterocycles. The van der Waals surface area contributed by atoms with Gasteiger partial charge in [0, 0.05) is 22.5 Å². The van der Waals surface area contributed by atoms with E-state index in [4.69, 9.17) is 16.3 Å². The van der Waals surface area contributed by atoms with Gasteiger partial charge in [0.05, 0.1) is 7.11 Å². The Morgan fingerprint density at radius 2 is 2.37 bits per heavy atom. The lowest BCUT2D eigenvalue weighted by Crippen LogP contribution is -1.90. The maximum atomic E-state index is 5.71. The molecular formula is C12H12ClN3OS2. The summed E-state index contributed by atoms with van der Waals surface area (Å²) in [6.07, 6.45) is 0. The van der Waals surface area contributed by atoms with Crippen LogP contribution >= 0.6 is 34.7 Å². The van der Waals surface area contributed by atoms with E-state index < -0.39 is 0 Å². The van der Waals surface area contributed by atoms with Crippen LogP contribution in [-0.2, 0) is 0 Å². The Kier molecular flexibility index (Phi) is 5.07. The molecule has 2 aromatic rings. The number of anilines is 2. The Morgan fingerprint density at radius 3 is 3.11 bits per heavy atom. The Balaban J connectivity index is 2.00. The third kappa shape index (κ3) is 4.41. The largest absolute Gasteiger partial charge is 0.497 e. The summed E-state index contributed by atoms with van der Waals surface area (Å²) in [4.78, 5) is 0. The lowest BCUT2D eigenvalue weighted by Gasteiger charge is -2.04. The highest BCUT2D eigenvalue weighted by Crippen LogP contribution is 2.29. The first-order valence-corrected chi connectivity index (χ1v) is 7.56. The van der Waals surface area contributed by atoms with Crippen LogP contribution in [0.3, 0.4) is 0 Å². The maximum absolute atomic E-state index is 5.71. The molecule has 100 valence electrons. The van der Waals surface area contributed by atoms with Crippen molar-refractivity contribution in [2.24, 2.45) is 0 Å². The summed E-state index contributed by atoms with van der Waals surface area (Å²) in [5.74, 6) is 1.43. The van der Waals surface area contributed by atoms with Gasteiger partial charge in [-0.25, -0.2) is 0 Å². The van der Waals surface area contributed by atoms with Gasteiger partial charge in [-0.15, -0.1) is 10.2 Å². The fourth-order valence-corrected chi connectivity index (χ4v) is 2.97. The molecule has 7 heteroatoms. The summed E-state index contributed by atoms with van der Waals surface area (Å²) in [7, 11) is 1.64. The lowest BCUT2D eigenvalue weighted by molar-refractivity contribution is 0.415. The smallest absolute Gasteiger partial charge is 0.210 e. The molecule has 0 fully saturated rings. The van der Waals surface area contributed by atoms with Gasteiger partial charge in [-0.05, 0) is 12.1 Å². The first kappa shape index (κ1) is 14.2. The molecule has 0 saturated carbocycles. The number of thioether (sulfide) groups is 1. The molecule has 0 unspecified atom stereocenters. The van der Waals surface area contributed by atoms with E-state index in [1.807, 2.05) is 24.3 Å². The van der Waals surface area contributed by atoms with Gasteiger partial charge < -0.3 is 10.1 Å². The molecule has 0 aliphatic heterocycles. The normalized spacial score (nSPS) is 10.2. The third-order valence-corrected chi connectivity index (χ3v) is 4.43. The molecule has 0 radical (unpaired) electrons. The summed E-state index contributed by atoms with van der Waals surface area (Å²) in [5, 5.41) is 12.6. The molecule has 0 atom stereocenters. The molecular weight excluding hydrogens is 302 g/mol. The second-order valence-electron chi connectivity index (χ2n) is 3.54. The van der Waals surface area contributed by atoms with E-state index >= 15 is 0 Å². The van der Waals surface area contributed by atoms with Gasteiger partial charge in [0.15, 0.2) is 4.34 Å². The topological polar surface area (TPSA) is 47.0 Å². The molecule has 0 aliphatic rings. The van der Waals surface area contributed by atoms with E-state index in [-0.39, 0.29) is 0 Å². The van der Waals surface area contributed by atoms with Crippen LogP contribution in [0.25, 0.3) is 0 Å². The van der Waals surface area contributed by atoms with Crippen LogP contribution in [0.5, 0.6) is 5.75 Å². The van der Waals surface area contributed by atoms with Crippen molar-refractivity contribution in [1.82, 2.24) is 10.2 Å². The summed E-state index contributed by atoms with van der Waals surface area (Å²) in [6, 6.07) is 7.64. The second kappa shape index (κ2) is 6.79. The standard InChI is InChI=1S/C12H12ClN3OS2/c1-8(13)7-18-12-16-15-11(19-12)14-9-4-3-5-10(6-9)17-2/h3-6H,1,7H2,2H3,(H,14,15). The van der Waals surface area contributed by atoms with Crippen LogP contribution in [0.2, 0.25) is 0 Å². The van der Waals surface area contributed by atoms with Crippen molar-refractivity contribution in [3.05, 3.63) is 35.9 Å². The van der Waals surface area contributed by atoms with Crippen LogP contribution in [0.15, 0.2) is 40.2 Å². The number of rotatable bonds is 6. The number of halogens is 1. The minimum Gasteiger partial charge on any atom is -0.497 e. The van der Waals surface area contributed by atoms with Gasteiger partial charge >= 0.3 is 0 Å². The summed E-state index contributed by atoms with van der Waals surface area (Å²) in [5.41, 5.74) is 0.911. The molecule has 0 spiro atoms. The van der Waals surface area contributed by atoms with Gasteiger partial charge in [-0.2, -0.15) is 0 Å². The predicted octanol–water partition coefficient (Wildman–Crippen LogP) is 4.13. The molecule has 0 saturated heterocycles. The van der Waals surface area contributed by atoms with E-state index in [0.29, 0.717) is 10.8 Å². The van der Waals surface area contributed by atoms with Crippen molar-refractivity contribution in [2.75, 3.05) is 18.2 Å². The molecule has 1 heterocycles. The minimum absolute atomic E-state index is 0.600. The Morgan fingerprint density at radius 1 is 1.53 bits per heavy atom. The minimum atomic E-state index is 0.600. The van der Waals surface area contributed by atoms with Crippen LogP contribution in [-0.4, -0.2) is 23.1 Å². The molecule has 1 N–H and O–H groups in total. The number of ether oxygens (including phenoxy) is 1. The highest BCUT2D eigenvalue weighted by atomic mass is 35.5. The Labute approximate surface area is 124 Å². The van der Waals surface area contributed by atoms with Crippen LogP contribution in [0, 0.1) is 0 Å². The van der Waals surface area contributed by atoms with E-state index in [1.165, 1.54) is 23.1 Å². The number of aromatic nitrogens is 2. The second-order valence-corrected chi connectivity index (χ2v) is 6.27. The average molecular weight is 314 g/mol. The molecule has 4 nitrogen and oxygen atoms in total. The molecule has 1 aromatic carbocycles. The Hall–Kier alpha value is -1.24. The Bertz CT molecular complexity index is 574. The van der Waals surface area contributed by atoms with Crippen molar-refractivity contribution < 1.29 is 4.74 Å². The fraction of sp³-hybridized carbons (Fsp3) is 0.167. The van der Waals surface area contributed by atoms with Crippen molar-refractivity contribution >= 4 is 45.5 Å². The zero-order chi connectivity index (χ0) is 13.7. The van der Waals surface area contributed by atoms with E-state index in [0.717, 1.165) is 20.9 Å². The molecule has 19 heavy (non-hydrogen) atoms. The quantitative estimate of drug-likeness (QED) is 0.812. The van der Waals surface area contributed by atoms with Gasteiger partial charge in [0.25, 0.3) is 0 Å². The van der Waals surface area contributed by atoms with Crippen LogP contribution in [0.4, 0.5) is 10.8 Å². The maximum Gasteiger partial charge on any atom is 0.210 e. The summed E-state index contributed by atoms with van der Waals surface area (Å²) >= 11 is 8.70. The summed E-state index contributed by atoms with van der Waals surface area (Å²) in [6.45, 7) is 3.64. The van der Waals surface area contributed by atoms with Gasteiger partial charge in [-0.3, -0.25) is 0 Å². The number of hydrogen-bond acceptors (Lipinski definition) is 6. The van der Waals surface area contributed by atoms with Crippen molar-refractivity contribution in [2.45, 2.75) is 4.34 Å². The van der Waals surface area contributed by atoms with Crippen molar-refractivity contribution in [3.8, 4) is 5.75 Å². The van der Waals surface area contributed by atoms with Crippen molar-refractivity contribution in [1.29, 1.82) is 0 Å².